The van der Waals surface area contributed by atoms with E-state index in [4.69, 9.17) is 0 Å². The summed E-state index contributed by atoms with van der Waals surface area (Å²) >= 11 is 0. The van der Waals surface area contributed by atoms with Crippen LogP contribution in [0.4, 0.5) is 13.2 Å². The Morgan fingerprint density at radius 1 is 1.26 bits per heavy atom. The maximum absolute atomic E-state index is 13.0. The van der Waals surface area contributed by atoms with Crippen molar-refractivity contribution in [2.24, 2.45) is 0 Å². The van der Waals surface area contributed by atoms with Crippen LogP contribution in [0.15, 0.2) is 18.2 Å². The van der Waals surface area contributed by atoms with E-state index in [9.17, 15) is 18.0 Å². The molecular formula is C13H13F3N2O. The number of halogens is 3. The molecule has 0 bridgehead atoms. The predicted molar refractivity (Wildman–Crippen MR) is 62.7 cm³/mol. The van der Waals surface area contributed by atoms with Crippen LogP contribution in [0, 0.1) is 0 Å². The molecule has 1 atom stereocenters. The molecule has 2 aliphatic heterocycles. The standard InChI is InChI=1S/C13H13F3N2O/c1-17-5-6-18-10(7-17)8-3-2-4-9(13(14,15)16)11(8)12(18)19/h2-4,10H,5-7H2,1H3/t10-/m0/s1. The van der Waals surface area contributed by atoms with Crippen molar-refractivity contribution in [3.8, 4) is 0 Å². The van der Waals surface area contributed by atoms with E-state index in [0.29, 0.717) is 25.2 Å². The highest BCUT2D eigenvalue weighted by Gasteiger charge is 2.45. The third-order valence-corrected chi connectivity index (χ3v) is 3.82. The summed E-state index contributed by atoms with van der Waals surface area (Å²) in [6.45, 7) is 1.75. The number of fused-ring (bicyclic) bond motifs is 3. The first-order valence-corrected chi connectivity index (χ1v) is 6.09. The second-order valence-electron chi connectivity index (χ2n) is 5.04. The lowest BCUT2D eigenvalue weighted by Gasteiger charge is -2.35. The van der Waals surface area contributed by atoms with E-state index in [1.807, 2.05) is 11.9 Å². The quantitative estimate of drug-likeness (QED) is 0.721. The van der Waals surface area contributed by atoms with Gasteiger partial charge < -0.3 is 9.80 Å². The molecule has 1 fully saturated rings. The van der Waals surface area contributed by atoms with Gasteiger partial charge in [-0.2, -0.15) is 13.2 Å². The summed E-state index contributed by atoms with van der Waals surface area (Å²) < 4.78 is 39.0. The van der Waals surface area contributed by atoms with Crippen molar-refractivity contribution in [1.82, 2.24) is 9.80 Å². The number of likely N-dealkylation sites (N-methyl/N-ethyl adjacent to an activating group) is 1. The van der Waals surface area contributed by atoms with Gasteiger partial charge in [0, 0.05) is 19.6 Å². The number of hydrogen-bond donors (Lipinski definition) is 0. The second-order valence-corrected chi connectivity index (χ2v) is 5.04. The number of piperazine rings is 1. The predicted octanol–water partition coefficient (Wildman–Crippen LogP) is 2.15. The Balaban J connectivity index is 2.13. The number of benzene rings is 1. The highest BCUT2D eigenvalue weighted by atomic mass is 19.4. The highest BCUT2D eigenvalue weighted by molar-refractivity contribution is 6.01. The van der Waals surface area contributed by atoms with E-state index in [1.54, 1.807) is 11.0 Å². The van der Waals surface area contributed by atoms with Gasteiger partial charge in [0.25, 0.3) is 5.91 Å². The van der Waals surface area contributed by atoms with Gasteiger partial charge in [0.15, 0.2) is 0 Å². The van der Waals surface area contributed by atoms with E-state index < -0.39 is 17.6 Å². The van der Waals surface area contributed by atoms with Crippen LogP contribution in [-0.2, 0) is 6.18 Å². The first kappa shape index (κ1) is 12.5. The van der Waals surface area contributed by atoms with Crippen LogP contribution >= 0.6 is 0 Å². The molecule has 1 aromatic carbocycles. The molecule has 6 heteroatoms. The van der Waals surface area contributed by atoms with Crippen LogP contribution in [0.3, 0.4) is 0 Å². The third-order valence-electron chi connectivity index (χ3n) is 3.82. The summed E-state index contributed by atoms with van der Waals surface area (Å²) in [4.78, 5) is 15.8. The van der Waals surface area contributed by atoms with E-state index in [0.717, 1.165) is 6.07 Å². The van der Waals surface area contributed by atoms with Gasteiger partial charge >= 0.3 is 6.18 Å². The number of rotatable bonds is 0. The minimum atomic E-state index is -4.48. The maximum Gasteiger partial charge on any atom is 0.417 e. The summed E-state index contributed by atoms with van der Waals surface area (Å²) in [7, 11) is 1.91. The largest absolute Gasteiger partial charge is 0.417 e. The fraction of sp³-hybridized carbons (Fsp3) is 0.462. The van der Waals surface area contributed by atoms with Crippen molar-refractivity contribution in [2.45, 2.75) is 12.2 Å². The molecule has 19 heavy (non-hydrogen) atoms. The molecule has 0 saturated carbocycles. The van der Waals surface area contributed by atoms with E-state index >= 15 is 0 Å². The van der Waals surface area contributed by atoms with Gasteiger partial charge in [-0.3, -0.25) is 4.79 Å². The van der Waals surface area contributed by atoms with Crippen molar-refractivity contribution in [1.29, 1.82) is 0 Å². The van der Waals surface area contributed by atoms with Crippen molar-refractivity contribution in [3.05, 3.63) is 34.9 Å². The summed E-state index contributed by atoms with van der Waals surface area (Å²) in [5.41, 5.74) is -0.464. The van der Waals surface area contributed by atoms with Gasteiger partial charge in [0.05, 0.1) is 17.2 Å². The fourth-order valence-electron chi connectivity index (χ4n) is 2.90. The molecule has 0 aliphatic carbocycles. The molecule has 0 N–H and O–H groups in total. The molecule has 102 valence electrons. The van der Waals surface area contributed by atoms with Crippen LogP contribution in [0.25, 0.3) is 0 Å². The average molecular weight is 270 g/mol. The summed E-state index contributed by atoms with van der Waals surface area (Å²) in [5, 5.41) is 0. The minimum absolute atomic E-state index is 0.157. The lowest BCUT2D eigenvalue weighted by atomic mass is 9.98. The van der Waals surface area contributed by atoms with Gasteiger partial charge in [-0.25, -0.2) is 0 Å². The van der Waals surface area contributed by atoms with Crippen LogP contribution in [0.5, 0.6) is 0 Å². The van der Waals surface area contributed by atoms with Gasteiger partial charge in [-0.1, -0.05) is 12.1 Å². The molecule has 3 nitrogen and oxygen atoms in total. The number of hydrogen-bond acceptors (Lipinski definition) is 2. The monoisotopic (exact) mass is 270 g/mol. The second kappa shape index (κ2) is 3.96. The summed E-state index contributed by atoms with van der Waals surface area (Å²) in [6, 6.07) is 3.75. The molecule has 3 rings (SSSR count). The minimum Gasteiger partial charge on any atom is -0.329 e. The van der Waals surface area contributed by atoms with Crippen molar-refractivity contribution in [2.75, 3.05) is 26.7 Å². The summed E-state index contributed by atoms with van der Waals surface area (Å²) in [6.07, 6.45) is -4.48. The highest BCUT2D eigenvalue weighted by Crippen LogP contribution is 2.42. The SMILES string of the molecule is CN1CCN2C(=O)c3c(cccc3C(F)(F)F)[C@@H]2C1. The zero-order valence-electron chi connectivity index (χ0n) is 10.4. The van der Waals surface area contributed by atoms with Gasteiger partial charge in [0.1, 0.15) is 0 Å². The number of amides is 1. The van der Waals surface area contributed by atoms with Crippen LogP contribution in [0.2, 0.25) is 0 Å². The Hall–Kier alpha value is -1.56. The van der Waals surface area contributed by atoms with Gasteiger partial charge in [-0.15, -0.1) is 0 Å². The Morgan fingerprint density at radius 2 is 2.00 bits per heavy atom. The van der Waals surface area contributed by atoms with Crippen molar-refractivity contribution < 1.29 is 18.0 Å². The average Bonchev–Trinajstić information content (AvgIpc) is 2.62. The number of carbonyl (C=O) groups excluding carboxylic acids is 1. The molecule has 1 aromatic rings. The molecule has 2 heterocycles. The molecule has 1 saturated heterocycles. The number of nitrogens with zero attached hydrogens (tertiary/aromatic N) is 2. The molecule has 0 radical (unpaired) electrons. The Bertz CT molecular complexity index is 541. The van der Waals surface area contributed by atoms with E-state index in [-0.39, 0.29) is 11.6 Å². The van der Waals surface area contributed by atoms with Gasteiger partial charge in [0.2, 0.25) is 0 Å². The molecule has 1 amide bonds. The molecule has 2 aliphatic rings. The number of alkyl halides is 3. The van der Waals surface area contributed by atoms with Crippen molar-refractivity contribution >= 4 is 5.91 Å². The van der Waals surface area contributed by atoms with Crippen molar-refractivity contribution in [3.63, 3.8) is 0 Å². The Morgan fingerprint density at radius 3 is 2.68 bits per heavy atom. The molecule has 0 unspecified atom stereocenters. The molecule has 0 spiro atoms. The first-order chi connectivity index (χ1) is 8.89. The number of carbonyl (C=O) groups is 1. The summed E-state index contributed by atoms with van der Waals surface area (Å²) in [5.74, 6) is -0.485. The smallest absolute Gasteiger partial charge is 0.329 e. The fourth-order valence-corrected chi connectivity index (χ4v) is 2.90. The zero-order valence-corrected chi connectivity index (χ0v) is 10.4. The normalized spacial score (nSPS) is 23.5. The van der Waals surface area contributed by atoms with E-state index in [2.05, 4.69) is 0 Å². The van der Waals surface area contributed by atoms with Crippen LogP contribution in [0.1, 0.15) is 27.5 Å². The Kier molecular flexibility index (Phi) is 2.60. The Labute approximate surface area is 108 Å². The first-order valence-electron chi connectivity index (χ1n) is 6.09. The van der Waals surface area contributed by atoms with Gasteiger partial charge in [-0.05, 0) is 18.7 Å². The maximum atomic E-state index is 13.0. The molecule has 0 aromatic heterocycles. The lowest BCUT2D eigenvalue weighted by Crippen LogP contribution is -2.45. The topological polar surface area (TPSA) is 23.6 Å². The lowest BCUT2D eigenvalue weighted by molar-refractivity contribution is -0.137. The van der Waals surface area contributed by atoms with Crippen LogP contribution < -0.4 is 0 Å². The third kappa shape index (κ3) is 1.82. The zero-order chi connectivity index (χ0) is 13.8. The van der Waals surface area contributed by atoms with Crippen LogP contribution in [-0.4, -0.2) is 42.4 Å². The van der Waals surface area contributed by atoms with E-state index in [1.165, 1.54) is 6.07 Å². The molecular weight excluding hydrogens is 257 g/mol.